The average Bonchev–Trinajstić information content (AvgIpc) is 2.19. The van der Waals surface area contributed by atoms with Crippen LogP contribution in [0.5, 0.6) is 0 Å². The highest BCUT2D eigenvalue weighted by Crippen LogP contribution is 2.28. The van der Waals surface area contributed by atoms with Crippen molar-refractivity contribution in [2.75, 3.05) is 11.9 Å². The molecule has 0 amide bonds. The smallest absolute Gasteiger partial charge is 0.293 e. The zero-order valence-corrected chi connectivity index (χ0v) is 10.2. The van der Waals surface area contributed by atoms with Crippen molar-refractivity contribution >= 4 is 34.0 Å². The number of rotatable bonds is 4. The van der Waals surface area contributed by atoms with Crippen LogP contribution in [0, 0.1) is 19.5 Å². The summed E-state index contributed by atoms with van der Waals surface area (Å²) in [4.78, 5) is 10.2. The van der Waals surface area contributed by atoms with E-state index in [0.29, 0.717) is 6.54 Å². The normalized spacial score (nSPS) is 10.1. The zero-order chi connectivity index (χ0) is 11.4. The number of benzene rings is 1. The van der Waals surface area contributed by atoms with E-state index in [1.54, 1.807) is 22.6 Å². The van der Waals surface area contributed by atoms with Gasteiger partial charge in [0, 0.05) is 18.7 Å². The number of hydrogen-bond acceptors (Lipinski definition) is 3. The predicted octanol–water partition coefficient (Wildman–Crippen LogP) is 3.16. The van der Waals surface area contributed by atoms with Crippen LogP contribution >= 0.6 is 22.6 Å². The van der Waals surface area contributed by atoms with Gasteiger partial charge in [-0.15, -0.1) is 0 Å². The van der Waals surface area contributed by atoms with Crippen LogP contribution in [0.3, 0.4) is 0 Å². The number of hydrogen-bond donors (Lipinski definition) is 1. The molecule has 0 aromatic heterocycles. The van der Waals surface area contributed by atoms with Gasteiger partial charge in [0.1, 0.15) is 11.5 Å². The van der Waals surface area contributed by atoms with Crippen LogP contribution in [0.2, 0.25) is 0 Å². The molecule has 0 aliphatic heterocycles. The topological polar surface area (TPSA) is 55.2 Å². The first-order valence-corrected chi connectivity index (χ1v) is 5.51. The Kier molecular flexibility index (Phi) is 4.25. The standard InChI is InChI=1S/C9H10FIN2O2/c1-2-3-12-8-4-6(10)7(11)5-9(8)13(14)15/h4-5,12H,2-3H2,1H3. The van der Waals surface area contributed by atoms with Crippen molar-refractivity contribution in [1.29, 1.82) is 0 Å². The summed E-state index contributed by atoms with van der Waals surface area (Å²) in [7, 11) is 0. The maximum absolute atomic E-state index is 13.2. The Morgan fingerprint density at radius 2 is 2.27 bits per heavy atom. The summed E-state index contributed by atoms with van der Waals surface area (Å²) in [6, 6.07) is 2.39. The lowest BCUT2D eigenvalue weighted by molar-refractivity contribution is -0.384. The SMILES string of the molecule is CCCNc1cc(F)c(I)cc1[N+](=O)[O-]. The maximum Gasteiger partial charge on any atom is 0.293 e. The van der Waals surface area contributed by atoms with Crippen LogP contribution in [-0.2, 0) is 0 Å². The molecule has 82 valence electrons. The molecular weight excluding hydrogens is 314 g/mol. The molecule has 0 spiro atoms. The van der Waals surface area contributed by atoms with Crippen LogP contribution in [0.15, 0.2) is 12.1 Å². The van der Waals surface area contributed by atoms with Gasteiger partial charge in [0.15, 0.2) is 0 Å². The van der Waals surface area contributed by atoms with E-state index in [4.69, 9.17) is 0 Å². The van der Waals surface area contributed by atoms with Gasteiger partial charge in [-0.1, -0.05) is 6.92 Å². The minimum atomic E-state index is -0.514. The van der Waals surface area contributed by atoms with Crippen molar-refractivity contribution in [1.82, 2.24) is 0 Å². The third kappa shape index (κ3) is 3.01. The number of halogens is 2. The van der Waals surface area contributed by atoms with Gasteiger partial charge in [0.05, 0.1) is 8.49 Å². The molecule has 1 N–H and O–H groups in total. The molecule has 4 nitrogen and oxygen atoms in total. The lowest BCUT2D eigenvalue weighted by atomic mass is 10.2. The molecule has 6 heteroatoms. The van der Waals surface area contributed by atoms with Crippen LogP contribution < -0.4 is 5.32 Å². The van der Waals surface area contributed by atoms with Crippen molar-refractivity contribution in [3.8, 4) is 0 Å². The third-order valence-electron chi connectivity index (χ3n) is 1.80. The van der Waals surface area contributed by atoms with Gasteiger partial charge in [0.2, 0.25) is 0 Å². The molecular formula is C9H10FIN2O2. The van der Waals surface area contributed by atoms with Crippen LogP contribution in [-0.4, -0.2) is 11.5 Å². The molecule has 0 radical (unpaired) electrons. The number of nitrogens with zero attached hydrogens (tertiary/aromatic N) is 1. The Hall–Kier alpha value is -0.920. The van der Waals surface area contributed by atoms with Crippen molar-refractivity contribution in [3.63, 3.8) is 0 Å². The highest BCUT2D eigenvalue weighted by molar-refractivity contribution is 14.1. The molecule has 1 aromatic carbocycles. The van der Waals surface area contributed by atoms with Crippen LogP contribution in [0.25, 0.3) is 0 Å². The minimum absolute atomic E-state index is 0.0887. The first kappa shape index (κ1) is 12.2. The summed E-state index contributed by atoms with van der Waals surface area (Å²) in [6.07, 6.45) is 0.824. The molecule has 0 bridgehead atoms. The molecule has 0 unspecified atom stereocenters. The Morgan fingerprint density at radius 1 is 1.60 bits per heavy atom. The van der Waals surface area contributed by atoms with Gasteiger partial charge >= 0.3 is 0 Å². The van der Waals surface area contributed by atoms with Gasteiger partial charge in [-0.25, -0.2) is 4.39 Å². The van der Waals surface area contributed by atoms with E-state index in [1.807, 2.05) is 6.92 Å². The van der Waals surface area contributed by atoms with Crippen molar-refractivity contribution in [2.24, 2.45) is 0 Å². The van der Waals surface area contributed by atoms with E-state index in [0.717, 1.165) is 12.5 Å². The average molecular weight is 324 g/mol. The predicted molar refractivity (Wildman–Crippen MR) is 64.6 cm³/mol. The summed E-state index contributed by atoms with van der Waals surface area (Å²) in [6.45, 7) is 2.52. The Labute approximate surface area is 100 Å². The lowest BCUT2D eigenvalue weighted by Gasteiger charge is -2.06. The first-order chi connectivity index (χ1) is 7.06. The fraction of sp³-hybridized carbons (Fsp3) is 0.333. The fourth-order valence-electron chi connectivity index (χ4n) is 1.09. The van der Waals surface area contributed by atoms with Gasteiger partial charge in [-0.2, -0.15) is 0 Å². The van der Waals surface area contributed by atoms with Crippen molar-refractivity contribution < 1.29 is 9.31 Å². The van der Waals surface area contributed by atoms with Gasteiger partial charge in [-0.05, 0) is 29.0 Å². The quantitative estimate of drug-likeness (QED) is 0.526. The zero-order valence-electron chi connectivity index (χ0n) is 8.09. The fourth-order valence-corrected chi connectivity index (χ4v) is 1.54. The highest BCUT2D eigenvalue weighted by Gasteiger charge is 2.16. The molecule has 1 rings (SSSR count). The molecule has 0 heterocycles. The number of nitrogens with one attached hydrogen (secondary N) is 1. The third-order valence-corrected chi connectivity index (χ3v) is 2.63. The largest absolute Gasteiger partial charge is 0.379 e. The highest BCUT2D eigenvalue weighted by atomic mass is 127. The molecule has 0 aliphatic rings. The van der Waals surface area contributed by atoms with Crippen molar-refractivity contribution in [2.45, 2.75) is 13.3 Å². The second-order valence-corrected chi connectivity index (χ2v) is 4.13. The lowest BCUT2D eigenvalue weighted by Crippen LogP contribution is -2.04. The maximum atomic E-state index is 13.2. The molecule has 0 saturated heterocycles. The van der Waals surface area contributed by atoms with E-state index in [-0.39, 0.29) is 14.9 Å². The van der Waals surface area contributed by atoms with E-state index in [9.17, 15) is 14.5 Å². The van der Waals surface area contributed by atoms with E-state index in [1.165, 1.54) is 6.07 Å². The minimum Gasteiger partial charge on any atom is -0.379 e. The van der Waals surface area contributed by atoms with Crippen LogP contribution in [0.1, 0.15) is 13.3 Å². The van der Waals surface area contributed by atoms with E-state index < -0.39 is 10.7 Å². The second kappa shape index (κ2) is 5.24. The summed E-state index contributed by atoms with van der Waals surface area (Å²) in [5.41, 5.74) is 0.147. The van der Waals surface area contributed by atoms with Gasteiger partial charge < -0.3 is 5.32 Å². The summed E-state index contributed by atoms with van der Waals surface area (Å²) >= 11 is 1.73. The Bertz CT molecular complexity index is 385. The first-order valence-electron chi connectivity index (χ1n) is 4.43. The molecule has 0 atom stereocenters. The number of nitro benzene ring substituents is 1. The molecule has 15 heavy (non-hydrogen) atoms. The summed E-state index contributed by atoms with van der Waals surface area (Å²) in [5, 5.41) is 13.5. The molecule has 0 aliphatic carbocycles. The monoisotopic (exact) mass is 324 g/mol. The summed E-state index contributed by atoms with van der Waals surface area (Å²) in [5.74, 6) is -0.445. The molecule has 0 saturated carbocycles. The second-order valence-electron chi connectivity index (χ2n) is 2.97. The van der Waals surface area contributed by atoms with E-state index in [2.05, 4.69) is 5.32 Å². The number of anilines is 1. The van der Waals surface area contributed by atoms with Gasteiger partial charge in [0.25, 0.3) is 5.69 Å². The van der Waals surface area contributed by atoms with Crippen molar-refractivity contribution in [3.05, 3.63) is 31.6 Å². The summed E-state index contributed by atoms with van der Waals surface area (Å²) < 4.78 is 13.4. The molecule has 0 fully saturated rings. The Balaban J connectivity index is 3.10. The van der Waals surface area contributed by atoms with Gasteiger partial charge in [-0.3, -0.25) is 10.1 Å². The Morgan fingerprint density at radius 3 is 2.80 bits per heavy atom. The number of nitro groups is 1. The molecule has 1 aromatic rings. The van der Waals surface area contributed by atoms with Crippen LogP contribution in [0.4, 0.5) is 15.8 Å². The van der Waals surface area contributed by atoms with E-state index >= 15 is 0 Å².